The largest absolute Gasteiger partial charge is 0.330 e. The van der Waals surface area contributed by atoms with Crippen molar-refractivity contribution in [3.63, 3.8) is 0 Å². The third-order valence-corrected chi connectivity index (χ3v) is 21.4. The fourth-order valence-corrected chi connectivity index (χ4v) is 16.2. The van der Waals surface area contributed by atoms with Gasteiger partial charge in [0.05, 0.1) is 11.2 Å². The molecule has 15 rings (SSSR count). The Morgan fingerprint density at radius 2 is 0.907 bits per heavy atom. The highest BCUT2D eigenvalue weighted by molar-refractivity contribution is 7.00. The number of fused-ring (bicyclic) bond motifs is 10. The highest BCUT2D eigenvalue weighted by Gasteiger charge is 2.60. The molecule has 0 saturated carbocycles. The summed E-state index contributed by atoms with van der Waals surface area (Å²) in [5, 5.41) is 0. The van der Waals surface area contributed by atoms with E-state index < -0.39 is 5.54 Å². The molecule has 3 nitrogen and oxygen atoms in total. The van der Waals surface area contributed by atoms with Crippen LogP contribution < -0.4 is 31.1 Å². The summed E-state index contributed by atoms with van der Waals surface area (Å²) in [4.78, 5) is 8.23. The first-order valence-electron chi connectivity index (χ1n) is 31.7. The highest BCUT2D eigenvalue weighted by atomic mass is 15.3. The first-order chi connectivity index (χ1) is 41.1. The van der Waals surface area contributed by atoms with Gasteiger partial charge >= 0.3 is 0 Å². The maximum atomic E-state index is 2.82. The van der Waals surface area contributed by atoms with E-state index in [1.54, 1.807) is 0 Å². The molecule has 0 spiro atoms. The van der Waals surface area contributed by atoms with E-state index in [1.165, 1.54) is 129 Å². The number of rotatable bonds is 6. The quantitative estimate of drug-likeness (QED) is 0.154. The maximum Gasteiger partial charge on any atom is 0.252 e. The van der Waals surface area contributed by atoms with E-state index in [-0.39, 0.29) is 33.8 Å². The van der Waals surface area contributed by atoms with Crippen LogP contribution in [0.4, 0.5) is 45.5 Å². The number of nitrogens with zero attached hydrogens (tertiary/aromatic N) is 3. The van der Waals surface area contributed by atoms with Crippen molar-refractivity contribution in [1.29, 1.82) is 0 Å². The highest BCUT2D eigenvalue weighted by Crippen LogP contribution is 2.65. The van der Waals surface area contributed by atoms with Crippen LogP contribution in [0, 0.1) is 0 Å². The second-order valence-corrected chi connectivity index (χ2v) is 29.5. The van der Waals surface area contributed by atoms with Crippen molar-refractivity contribution in [2.45, 2.75) is 141 Å². The van der Waals surface area contributed by atoms with Crippen molar-refractivity contribution < 1.29 is 0 Å². The zero-order chi connectivity index (χ0) is 59.5. The second kappa shape index (κ2) is 19.1. The van der Waals surface area contributed by atoms with E-state index in [9.17, 15) is 0 Å². The van der Waals surface area contributed by atoms with E-state index in [2.05, 4.69) is 316 Å². The lowest BCUT2D eigenvalue weighted by atomic mass is 9.33. The Bertz CT molecular complexity index is 4370. The van der Waals surface area contributed by atoms with Crippen molar-refractivity contribution in [2.75, 3.05) is 14.7 Å². The predicted molar refractivity (Wildman–Crippen MR) is 368 cm³/mol. The average Bonchev–Trinajstić information content (AvgIpc) is 1.29. The third kappa shape index (κ3) is 8.14. The summed E-state index contributed by atoms with van der Waals surface area (Å²) in [7, 11) is 0. The van der Waals surface area contributed by atoms with Gasteiger partial charge in [0.25, 0.3) is 6.71 Å². The SMILES string of the molecule is CC(C)(C)c1ccc(N2c3cc4c(cc3B3c5ccc(-c6ccccc6)cc5N(c5cccc(-c6ccccc6)c5)c5cc(N6c7ccc(C(C)(C)C)cc7C7(C)CCc8ccccc8C67C)cc2c53)C(C)(C)CCC4(C)C)c(-c2ccccc2)c1. The Balaban J connectivity index is 1.12. The molecule has 0 fully saturated rings. The lowest BCUT2D eigenvalue weighted by molar-refractivity contribution is 0.245. The molecule has 0 bridgehead atoms. The smallest absolute Gasteiger partial charge is 0.252 e. The lowest BCUT2D eigenvalue weighted by Gasteiger charge is -2.52. The van der Waals surface area contributed by atoms with E-state index in [0.717, 1.165) is 31.4 Å². The van der Waals surface area contributed by atoms with E-state index in [0.29, 0.717) is 0 Å². The molecule has 0 aromatic heterocycles. The predicted octanol–water partition coefficient (Wildman–Crippen LogP) is 20.0. The van der Waals surface area contributed by atoms with Gasteiger partial charge in [0.15, 0.2) is 0 Å². The van der Waals surface area contributed by atoms with Crippen LogP contribution >= 0.6 is 0 Å². The number of benzene rings is 10. The van der Waals surface area contributed by atoms with E-state index in [1.807, 2.05) is 0 Å². The molecule has 5 aliphatic rings. The molecular formula is C82H80BN3. The first kappa shape index (κ1) is 54.3. The number of aryl methyl sites for hydroxylation is 1. The first-order valence-corrected chi connectivity index (χ1v) is 31.7. The van der Waals surface area contributed by atoms with Crippen LogP contribution in [0.15, 0.2) is 218 Å². The summed E-state index contributed by atoms with van der Waals surface area (Å²) in [6.07, 6.45) is 4.34. The van der Waals surface area contributed by atoms with Crippen molar-refractivity contribution in [2.24, 2.45) is 0 Å². The van der Waals surface area contributed by atoms with Gasteiger partial charge in [-0.2, -0.15) is 0 Å². The van der Waals surface area contributed by atoms with Gasteiger partial charge in [-0.05, 0) is 192 Å². The number of hydrogen-bond donors (Lipinski definition) is 0. The summed E-state index contributed by atoms with van der Waals surface area (Å²) in [5.74, 6) is 0. The van der Waals surface area contributed by atoms with Gasteiger partial charge in [0, 0.05) is 50.8 Å². The standard InChI is InChI=1S/C82H80BN3/c1-77(2,3)59-36-39-70(63(47-59)55-29-20-15-21-30-55)85-73-52-66-65(79(7,8)43-44-80(66,9)10)51-69(73)83-68-38-35-58(54-27-18-14-19-28-54)46-72(68)84(61-33-24-32-57(45-61)53-25-16-13-17-26-53)74-49-62(50-75(85)76(74)83)86-71-40-37-60(78(4,5)6)48-67(71)81(11)42-41-56-31-22-23-34-64(56)82(81,86)12/h13-40,45-52H,41-44H2,1-12H3. The fraction of sp³-hybridized carbons (Fsp3) is 0.268. The van der Waals surface area contributed by atoms with Crippen LogP contribution in [0.5, 0.6) is 0 Å². The summed E-state index contributed by atoms with van der Waals surface area (Å²) in [6.45, 7) is 29.2. The minimum Gasteiger partial charge on any atom is -0.330 e. The van der Waals surface area contributed by atoms with Gasteiger partial charge in [-0.15, -0.1) is 0 Å². The maximum absolute atomic E-state index is 2.82. The summed E-state index contributed by atoms with van der Waals surface area (Å²) >= 11 is 0. The Hall–Kier alpha value is -8.34. The van der Waals surface area contributed by atoms with Gasteiger partial charge in [0.2, 0.25) is 0 Å². The lowest BCUT2D eigenvalue weighted by Crippen LogP contribution is -2.62. The molecule has 2 aliphatic carbocycles. The molecule has 4 heteroatoms. The minimum absolute atomic E-state index is 0.0197. The molecule has 0 N–H and O–H groups in total. The van der Waals surface area contributed by atoms with Gasteiger partial charge in [0.1, 0.15) is 0 Å². The van der Waals surface area contributed by atoms with Crippen LogP contribution in [0.3, 0.4) is 0 Å². The zero-order valence-corrected chi connectivity index (χ0v) is 52.5. The second-order valence-electron chi connectivity index (χ2n) is 29.5. The molecule has 86 heavy (non-hydrogen) atoms. The van der Waals surface area contributed by atoms with Crippen molar-refractivity contribution in [3.8, 4) is 33.4 Å². The fourth-order valence-electron chi connectivity index (χ4n) is 16.2. The van der Waals surface area contributed by atoms with Crippen molar-refractivity contribution in [1.82, 2.24) is 0 Å². The molecule has 2 unspecified atom stereocenters. The molecule has 0 radical (unpaired) electrons. The normalized spacial score (nSPS) is 19.4. The summed E-state index contributed by atoms with van der Waals surface area (Å²) < 4.78 is 0. The van der Waals surface area contributed by atoms with Crippen LogP contribution in [-0.4, -0.2) is 6.71 Å². The summed E-state index contributed by atoms with van der Waals surface area (Å²) in [5.41, 5.74) is 30.1. The topological polar surface area (TPSA) is 9.72 Å². The number of hydrogen-bond acceptors (Lipinski definition) is 3. The van der Waals surface area contributed by atoms with Crippen molar-refractivity contribution in [3.05, 3.63) is 257 Å². The monoisotopic (exact) mass is 1120 g/mol. The molecule has 3 heterocycles. The van der Waals surface area contributed by atoms with E-state index >= 15 is 0 Å². The molecular weight excluding hydrogens is 1040 g/mol. The van der Waals surface area contributed by atoms with Gasteiger partial charge in [-0.25, -0.2) is 0 Å². The molecule has 10 aromatic rings. The molecule has 0 amide bonds. The summed E-state index contributed by atoms with van der Waals surface area (Å²) in [6, 6.07) is 84.9. The third-order valence-electron chi connectivity index (χ3n) is 21.4. The number of anilines is 8. The van der Waals surface area contributed by atoms with Gasteiger partial charge in [-0.1, -0.05) is 240 Å². The Kier molecular flexibility index (Phi) is 12.1. The molecule has 3 aliphatic heterocycles. The van der Waals surface area contributed by atoms with Crippen LogP contribution in [0.2, 0.25) is 0 Å². The molecule has 10 aromatic carbocycles. The average molecular weight is 1120 g/mol. The van der Waals surface area contributed by atoms with Gasteiger partial charge in [-0.3, -0.25) is 0 Å². The molecule has 0 saturated heterocycles. The minimum atomic E-state index is -0.457. The molecule has 426 valence electrons. The van der Waals surface area contributed by atoms with Crippen molar-refractivity contribution >= 4 is 68.6 Å². The Morgan fingerprint density at radius 3 is 1.56 bits per heavy atom. The zero-order valence-electron chi connectivity index (χ0n) is 52.5. The van der Waals surface area contributed by atoms with Crippen LogP contribution in [-0.2, 0) is 39.0 Å². The van der Waals surface area contributed by atoms with Crippen LogP contribution in [0.25, 0.3) is 33.4 Å². The van der Waals surface area contributed by atoms with Crippen LogP contribution in [0.1, 0.15) is 141 Å². The Morgan fingerprint density at radius 1 is 0.360 bits per heavy atom. The van der Waals surface area contributed by atoms with Gasteiger partial charge < -0.3 is 14.7 Å². The van der Waals surface area contributed by atoms with E-state index in [4.69, 9.17) is 0 Å². The Labute approximate surface area is 512 Å². The molecule has 2 atom stereocenters.